The maximum Gasteiger partial charge on any atom is 0.0924 e. The van der Waals surface area contributed by atoms with E-state index in [-0.39, 0.29) is 0 Å². The summed E-state index contributed by atoms with van der Waals surface area (Å²) in [4.78, 5) is 6.88. The van der Waals surface area contributed by atoms with Crippen LogP contribution in [-0.4, -0.2) is 9.97 Å². The minimum atomic E-state index is 0.559. The molecule has 0 saturated heterocycles. The van der Waals surface area contributed by atoms with Crippen molar-refractivity contribution in [2.45, 2.75) is 0 Å². The van der Waals surface area contributed by atoms with Gasteiger partial charge in [0.2, 0.25) is 0 Å². The average molecular weight is 239 g/mol. The van der Waals surface area contributed by atoms with Crippen LogP contribution in [-0.2, 0) is 0 Å². The van der Waals surface area contributed by atoms with Crippen LogP contribution in [0.1, 0.15) is 11.3 Å². The van der Waals surface area contributed by atoms with Crippen molar-refractivity contribution in [3.05, 3.63) is 52.0 Å². The van der Waals surface area contributed by atoms with E-state index in [4.69, 9.17) is 23.2 Å². The number of nitrogens with one attached hydrogen (secondary N) is 1. The van der Waals surface area contributed by atoms with Gasteiger partial charge in [0, 0.05) is 0 Å². The molecule has 2 rings (SSSR count). The van der Waals surface area contributed by atoms with Crippen LogP contribution < -0.4 is 0 Å². The standard InChI is InChI=1S/C11H8Cl2N2/c12-10-3-1-2-8(11(10)13)4-5-9-6-14-7-15-9/h1-7H,(H,14,15). The number of hydrogen-bond acceptors (Lipinski definition) is 1. The second-order valence-electron chi connectivity index (χ2n) is 2.98. The number of imidazole rings is 1. The molecule has 0 aliphatic carbocycles. The molecule has 0 radical (unpaired) electrons. The van der Waals surface area contributed by atoms with E-state index < -0.39 is 0 Å². The van der Waals surface area contributed by atoms with E-state index in [0.29, 0.717) is 10.0 Å². The van der Waals surface area contributed by atoms with Gasteiger partial charge in [0.15, 0.2) is 0 Å². The maximum absolute atomic E-state index is 6.02. The van der Waals surface area contributed by atoms with Crippen LogP contribution in [0, 0.1) is 0 Å². The monoisotopic (exact) mass is 238 g/mol. The summed E-state index contributed by atoms with van der Waals surface area (Å²) in [6, 6.07) is 5.53. The largest absolute Gasteiger partial charge is 0.345 e. The average Bonchev–Trinajstić information content (AvgIpc) is 2.73. The molecule has 0 aliphatic heterocycles. The SMILES string of the molecule is Clc1cccc(C=Cc2cnc[nH]2)c1Cl. The summed E-state index contributed by atoms with van der Waals surface area (Å²) in [5, 5.41) is 1.12. The number of benzene rings is 1. The summed E-state index contributed by atoms with van der Waals surface area (Å²) in [6.45, 7) is 0. The number of H-pyrrole nitrogens is 1. The first-order valence-electron chi connectivity index (χ1n) is 4.38. The van der Waals surface area contributed by atoms with Gasteiger partial charge in [-0.3, -0.25) is 0 Å². The maximum atomic E-state index is 6.02. The quantitative estimate of drug-likeness (QED) is 0.846. The highest BCUT2D eigenvalue weighted by molar-refractivity contribution is 6.42. The Balaban J connectivity index is 2.28. The van der Waals surface area contributed by atoms with Gasteiger partial charge in [-0.25, -0.2) is 4.98 Å². The second kappa shape index (κ2) is 4.51. The van der Waals surface area contributed by atoms with Crippen LogP contribution in [0.15, 0.2) is 30.7 Å². The van der Waals surface area contributed by atoms with Crippen LogP contribution in [0.3, 0.4) is 0 Å². The van der Waals surface area contributed by atoms with Crippen LogP contribution in [0.5, 0.6) is 0 Å². The fourth-order valence-corrected chi connectivity index (χ4v) is 1.56. The number of nitrogens with zero attached hydrogens (tertiary/aromatic N) is 1. The Morgan fingerprint density at radius 1 is 1.20 bits per heavy atom. The number of rotatable bonds is 2. The first-order chi connectivity index (χ1) is 7.27. The molecule has 4 heteroatoms. The molecule has 0 unspecified atom stereocenters. The van der Waals surface area contributed by atoms with Gasteiger partial charge < -0.3 is 4.98 Å². The number of aromatic amines is 1. The van der Waals surface area contributed by atoms with Crippen molar-refractivity contribution in [1.29, 1.82) is 0 Å². The first-order valence-corrected chi connectivity index (χ1v) is 5.13. The molecule has 1 heterocycles. The van der Waals surface area contributed by atoms with Crippen LogP contribution >= 0.6 is 23.2 Å². The molecule has 0 atom stereocenters. The molecular formula is C11H8Cl2N2. The normalized spacial score (nSPS) is 11.1. The van der Waals surface area contributed by atoms with Gasteiger partial charge in [0.25, 0.3) is 0 Å². The predicted molar refractivity (Wildman–Crippen MR) is 64.0 cm³/mol. The van der Waals surface area contributed by atoms with Gasteiger partial charge in [0.1, 0.15) is 0 Å². The van der Waals surface area contributed by atoms with Crippen LogP contribution in [0.2, 0.25) is 10.0 Å². The summed E-state index contributed by atoms with van der Waals surface area (Å²) in [5.74, 6) is 0. The lowest BCUT2D eigenvalue weighted by Gasteiger charge is -1.99. The summed E-state index contributed by atoms with van der Waals surface area (Å²) in [6.07, 6.45) is 7.14. The first kappa shape index (κ1) is 10.3. The fourth-order valence-electron chi connectivity index (χ4n) is 1.19. The Kier molecular flexibility index (Phi) is 3.09. The molecule has 0 spiro atoms. The molecule has 0 saturated carbocycles. The van der Waals surface area contributed by atoms with Gasteiger partial charge in [-0.05, 0) is 17.7 Å². The molecular weight excluding hydrogens is 231 g/mol. The Hall–Kier alpha value is -1.25. The molecule has 1 aromatic heterocycles. The fraction of sp³-hybridized carbons (Fsp3) is 0. The third kappa shape index (κ3) is 2.41. The van der Waals surface area contributed by atoms with Crippen molar-refractivity contribution < 1.29 is 0 Å². The summed E-state index contributed by atoms with van der Waals surface area (Å²) in [7, 11) is 0. The van der Waals surface area contributed by atoms with E-state index >= 15 is 0 Å². The summed E-state index contributed by atoms with van der Waals surface area (Å²) >= 11 is 11.9. The number of halogens is 2. The van der Waals surface area contributed by atoms with Crippen molar-refractivity contribution in [2.75, 3.05) is 0 Å². The van der Waals surface area contributed by atoms with Gasteiger partial charge >= 0.3 is 0 Å². The molecule has 0 amide bonds. The van der Waals surface area contributed by atoms with E-state index in [1.54, 1.807) is 18.6 Å². The molecule has 2 nitrogen and oxygen atoms in total. The Morgan fingerprint density at radius 3 is 2.80 bits per heavy atom. The zero-order valence-electron chi connectivity index (χ0n) is 7.74. The smallest absolute Gasteiger partial charge is 0.0924 e. The second-order valence-corrected chi connectivity index (χ2v) is 3.77. The topological polar surface area (TPSA) is 28.7 Å². The highest BCUT2D eigenvalue weighted by Crippen LogP contribution is 2.26. The highest BCUT2D eigenvalue weighted by Gasteiger charge is 2.00. The Bertz CT molecular complexity index is 475. The van der Waals surface area contributed by atoms with Gasteiger partial charge in [-0.2, -0.15) is 0 Å². The molecule has 0 bridgehead atoms. The number of hydrogen-bond donors (Lipinski definition) is 1. The molecule has 76 valence electrons. The zero-order valence-corrected chi connectivity index (χ0v) is 9.26. The summed E-state index contributed by atoms with van der Waals surface area (Å²) < 4.78 is 0. The lowest BCUT2D eigenvalue weighted by molar-refractivity contribution is 1.31. The van der Waals surface area contributed by atoms with E-state index in [1.807, 2.05) is 24.3 Å². The lowest BCUT2D eigenvalue weighted by atomic mass is 10.2. The van der Waals surface area contributed by atoms with Crippen molar-refractivity contribution in [2.24, 2.45) is 0 Å². The molecule has 1 aromatic carbocycles. The van der Waals surface area contributed by atoms with Crippen molar-refractivity contribution in [1.82, 2.24) is 9.97 Å². The van der Waals surface area contributed by atoms with Gasteiger partial charge in [-0.15, -0.1) is 0 Å². The molecule has 2 aromatic rings. The van der Waals surface area contributed by atoms with Crippen molar-refractivity contribution in [3.63, 3.8) is 0 Å². The molecule has 1 N–H and O–H groups in total. The third-order valence-electron chi connectivity index (χ3n) is 1.94. The van der Waals surface area contributed by atoms with Crippen molar-refractivity contribution >= 4 is 35.4 Å². The zero-order chi connectivity index (χ0) is 10.7. The van der Waals surface area contributed by atoms with Crippen molar-refractivity contribution in [3.8, 4) is 0 Å². The number of aromatic nitrogens is 2. The minimum Gasteiger partial charge on any atom is -0.345 e. The summed E-state index contributed by atoms with van der Waals surface area (Å²) in [5.41, 5.74) is 1.81. The predicted octanol–water partition coefficient (Wildman–Crippen LogP) is 3.89. The Morgan fingerprint density at radius 2 is 2.07 bits per heavy atom. The van der Waals surface area contributed by atoms with E-state index in [9.17, 15) is 0 Å². The Labute approximate surface area is 97.6 Å². The third-order valence-corrected chi connectivity index (χ3v) is 2.78. The van der Waals surface area contributed by atoms with E-state index in [1.165, 1.54) is 0 Å². The van der Waals surface area contributed by atoms with E-state index in [0.717, 1.165) is 11.3 Å². The minimum absolute atomic E-state index is 0.559. The molecule has 0 aliphatic rings. The molecule has 15 heavy (non-hydrogen) atoms. The van der Waals surface area contributed by atoms with Crippen LogP contribution in [0.4, 0.5) is 0 Å². The van der Waals surface area contributed by atoms with Gasteiger partial charge in [-0.1, -0.05) is 41.4 Å². The van der Waals surface area contributed by atoms with E-state index in [2.05, 4.69) is 9.97 Å². The van der Waals surface area contributed by atoms with Gasteiger partial charge in [0.05, 0.1) is 28.3 Å². The van der Waals surface area contributed by atoms with Crippen LogP contribution in [0.25, 0.3) is 12.2 Å². The lowest BCUT2D eigenvalue weighted by Crippen LogP contribution is -1.76. The molecule has 0 fully saturated rings. The highest BCUT2D eigenvalue weighted by atomic mass is 35.5.